The Morgan fingerprint density at radius 3 is 2.76 bits per heavy atom. The van der Waals surface area contributed by atoms with E-state index >= 15 is 0 Å². The van der Waals surface area contributed by atoms with Crippen molar-refractivity contribution in [2.24, 2.45) is 0 Å². The van der Waals surface area contributed by atoms with Gasteiger partial charge in [0.25, 0.3) is 0 Å². The lowest BCUT2D eigenvalue weighted by Crippen LogP contribution is -2.28. The molecule has 5 rings (SSSR count). The molecule has 2 aromatic heterocycles. The third kappa shape index (κ3) is 3.46. The summed E-state index contributed by atoms with van der Waals surface area (Å²) < 4.78 is 20.5. The normalized spacial score (nSPS) is 25.3. The molecule has 2 aliphatic rings. The zero-order valence-electron chi connectivity index (χ0n) is 16.3. The number of pyridine rings is 1. The van der Waals surface area contributed by atoms with Crippen LogP contribution in [-0.4, -0.2) is 39.1 Å². The number of fused-ring (bicyclic) bond motifs is 2. The van der Waals surface area contributed by atoms with Gasteiger partial charge < -0.3 is 18.8 Å². The van der Waals surface area contributed by atoms with Crippen LogP contribution in [0.4, 0.5) is 0 Å². The van der Waals surface area contributed by atoms with Crippen LogP contribution in [0, 0.1) is 0 Å². The molecule has 1 aliphatic heterocycles. The minimum Gasteiger partial charge on any atom is -0.372 e. The fourth-order valence-electron chi connectivity index (χ4n) is 4.13. The van der Waals surface area contributed by atoms with E-state index in [1.165, 1.54) is 0 Å². The highest BCUT2D eigenvalue weighted by atomic mass is 35.5. The number of rotatable bonds is 5. The van der Waals surface area contributed by atoms with Crippen LogP contribution in [0.15, 0.2) is 60.6 Å². The second-order valence-electron chi connectivity index (χ2n) is 7.85. The van der Waals surface area contributed by atoms with Crippen LogP contribution in [0.3, 0.4) is 0 Å². The van der Waals surface area contributed by atoms with Crippen LogP contribution < -0.4 is 0 Å². The highest BCUT2D eigenvalue weighted by Gasteiger charge is 2.50. The second kappa shape index (κ2) is 7.22. The number of nitrogens with zero attached hydrogens (tertiary/aromatic N) is 3. The van der Waals surface area contributed by atoms with Crippen LogP contribution >= 0.6 is 11.6 Å². The zero-order valence-corrected chi connectivity index (χ0v) is 17.0. The van der Waals surface area contributed by atoms with Gasteiger partial charge in [-0.3, -0.25) is 0 Å². The molecule has 0 N–H and O–H groups in total. The van der Waals surface area contributed by atoms with Crippen molar-refractivity contribution >= 4 is 22.6 Å². The van der Waals surface area contributed by atoms with Gasteiger partial charge in [-0.15, -0.1) is 0 Å². The van der Waals surface area contributed by atoms with Crippen molar-refractivity contribution in [2.45, 2.75) is 44.5 Å². The van der Waals surface area contributed by atoms with Gasteiger partial charge in [0.2, 0.25) is 0 Å². The van der Waals surface area contributed by atoms with Crippen molar-refractivity contribution in [3.05, 3.63) is 71.3 Å². The van der Waals surface area contributed by atoms with Gasteiger partial charge in [-0.05, 0) is 31.1 Å². The monoisotopic (exact) mass is 411 g/mol. The summed E-state index contributed by atoms with van der Waals surface area (Å²) in [7, 11) is 0. The third-order valence-corrected chi connectivity index (χ3v) is 5.63. The smallest absolute Gasteiger partial charge is 0.164 e. The molecular formula is C22H22ClN3O3. The van der Waals surface area contributed by atoms with Crippen molar-refractivity contribution in [3.8, 4) is 0 Å². The molecule has 0 radical (unpaired) electrons. The van der Waals surface area contributed by atoms with Crippen molar-refractivity contribution in [1.29, 1.82) is 0 Å². The summed E-state index contributed by atoms with van der Waals surface area (Å²) in [6.07, 6.45) is 5.27. The van der Waals surface area contributed by atoms with Crippen molar-refractivity contribution in [2.75, 3.05) is 6.61 Å². The molecule has 0 spiro atoms. The average Bonchev–Trinajstić information content (AvgIpc) is 3.35. The lowest BCUT2D eigenvalue weighted by Gasteiger charge is -2.22. The van der Waals surface area contributed by atoms with Crippen LogP contribution in [0.5, 0.6) is 0 Å². The van der Waals surface area contributed by atoms with Gasteiger partial charge in [-0.25, -0.2) is 9.97 Å². The quantitative estimate of drug-likeness (QED) is 0.462. The number of imidazole rings is 1. The van der Waals surface area contributed by atoms with E-state index in [2.05, 4.69) is 28.2 Å². The predicted molar refractivity (Wildman–Crippen MR) is 110 cm³/mol. The molecule has 0 bridgehead atoms. The lowest BCUT2D eigenvalue weighted by atomic mass is 10.1. The first-order valence-corrected chi connectivity index (χ1v) is 10.0. The van der Waals surface area contributed by atoms with Gasteiger partial charge in [-0.1, -0.05) is 48.0 Å². The third-order valence-electron chi connectivity index (χ3n) is 5.36. The van der Waals surface area contributed by atoms with Crippen molar-refractivity contribution in [1.82, 2.24) is 14.5 Å². The highest BCUT2D eigenvalue weighted by Crippen LogP contribution is 2.44. The van der Waals surface area contributed by atoms with E-state index in [-0.39, 0.29) is 18.2 Å². The summed E-state index contributed by atoms with van der Waals surface area (Å²) in [6, 6.07) is 11.9. The minimum atomic E-state index is -0.662. The zero-order chi connectivity index (χ0) is 20.0. The van der Waals surface area contributed by atoms with Crippen molar-refractivity contribution in [3.63, 3.8) is 0 Å². The molecule has 1 fully saturated rings. The van der Waals surface area contributed by atoms with E-state index in [1.807, 2.05) is 42.7 Å². The fourth-order valence-corrected chi connectivity index (χ4v) is 4.39. The molecule has 0 saturated carbocycles. The average molecular weight is 412 g/mol. The molecule has 3 unspecified atom stereocenters. The number of benzene rings is 1. The van der Waals surface area contributed by atoms with Gasteiger partial charge in [0.15, 0.2) is 10.9 Å². The summed E-state index contributed by atoms with van der Waals surface area (Å²) in [5.41, 5.74) is 3.82. The van der Waals surface area contributed by atoms with Gasteiger partial charge in [0.05, 0.1) is 31.1 Å². The maximum Gasteiger partial charge on any atom is 0.164 e. The van der Waals surface area contributed by atoms with Gasteiger partial charge in [-0.2, -0.15) is 0 Å². The maximum atomic E-state index is 6.38. The highest BCUT2D eigenvalue weighted by molar-refractivity contribution is 6.33. The Balaban J connectivity index is 1.43. The standard InChI is InChI=1S/C22H22ClN3O3/c1-22(2)28-19-15(12-27-11-14-6-4-3-5-7-14)10-17(20(19)29-22)26-13-25-16-8-9-24-21(23)18(16)26/h3-10,13,17,19-20H,11-12H2,1-2H3. The first kappa shape index (κ1) is 18.8. The number of hydrogen-bond acceptors (Lipinski definition) is 5. The van der Waals surface area contributed by atoms with Gasteiger partial charge in [0.1, 0.15) is 17.7 Å². The molecule has 1 aromatic carbocycles. The van der Waals surface area contributed by atoms with Crippen LogP contribution in [0.2, 0.25) is 5.15 Å². The topological polar surface area (TPSA) is 58.4 Å². The molecule has 6 nitrogen and oxygen atoms in total. The Morgan fingerprint density at radius 1 is 1.10 bits per heavy atom. The lowest BCUT2D eigenvalue weighted by molar-refractivity contribution is -0.148. The molecular weight excluding hydrogens is 390 g/mol. The van der Waals surface area contributed by atoms with Crippen LogP contribution in [-0.2, 0) is 20.8 Å². The number of halogens is 1. The Bertz CT molecular complexity index is 1060. The second-order valence-corrected chi connectivity index (χ2v) is 8.21. The first-order chi connectivity index (χ1) is 14.0. The molecule has 3 atom stereocenters. The Hall–Kier alpha value is -2.25. The van der Waals surface area contributed by atoms with E-state index in [0.717, 1.165) is 22.2 Å². The van der Waals surface area contributed by atoms with Crippen LogP contribution in [0.1, 0.15) is 25.5 Å². The van der Waals surface area contributed by atoms with E-state index in [4.69, 9.17) is 25.8 Å². The number of hydrogen-bond donors (Lipinski definition) is 0. The molecule has 0 amide bonds. The van der Waals surface area contributed by atoms with E-state index in [0.29, 0.717) is 18.4 Å². The SMILES string of the molecule is CC1(C)OC2C(COCc3ccccc3)=CC(n3cnc4ccnc(Cl)c43)C2O1. The maximum absolute atomic E-state index is 6.38. The minimum absolute atomic E-state index is 0.0937. The largest absolute Gasteiger partial charge is 0.372 e. The fraction of sp³-hybridized carbons (Fsp3) is 0.364. The Labute approximate surface area is 174 Å². The van der Waals surface area contributed by atoms with E-state index < -0.39 is 5.79 Å². The first-order valence-electron chi connectivity index (χ1n) is 9.67. The molecule has 150 valence electrons. The Kier molecular flexibility index (Phi) is 4.67. The Morgan fingerprint density at radius 2 is 1.93 bits per heavy atom. The summed E-state index contributed by atoms with van der Waals surface area (Å²) in [6.45, 7) is 4.90. The number of ether oxygens (including phenoxy) is 3. The van der Waals surface area contributed by atoms with E-state index in [9.17, 15) is 0 Å². The summed E-state index contributed by atoms with van der Waals surface area (Å²) >= 11 is 6.38. The van der Waals surface area contributed by atoms with Crippen molar-refractivity contribution < 1.29 is 14.2 Å². The van der Waals surface area contributed by atoms with Gasteiger partial charge in [0, 0.05) is 6.20 Å². The van der Waals surface area contributed by atoms with Gasteiger partial charge >= 0.3 is 0 Å². The number of aromatic nitrogens is 3. The van der Waals surface area contributed by atoms with Crippen LogP contribution in [0.25, 0.3) is 11.0 Å². The molecule has 3 heterocycles. The van der Waals surface area contributed by atoms with E-state index in [1.54, 1.807) is 12.5 Å². The summed E-state index contributed by atoms with van der Waals surface area (Å²) in [5.74, 6) is -0.662. The summed E-state index contributed by atoms with van der Waals surface area (Å²) in [5, 5.41) is 0.428. The molecule has 1 saturated heterocycles. The molecule has 1 aliphatic carbocycles. The molecule has 3 aromatic rings. The molecule has 29 heavy (non-hydrogen) atoms. The molecule has 7 heteroatoms. The predicted octanol–water partition coefficient (Wildman–Crippen LogP) is 4.30. The summed E-state index contributed by atoms with van der Waals surface area (Å²) in [4.78, 5) is 8.70.